The number of hydrogen-bond acceptors (Lipinski definition) is 6. The van der Waals surface area contributed by atoms with Crippen LogP contribution in [-0.2, 0) is 4.74 Å². The van der Waals surface area contributed by atoms with Gasteiger partial charge in [0.05, 0.1) is 5.69 Å². The molecule has 1 aliphatic rings. The van der Waals surface area contributed by atoms with Crippen LogP contribution >= 0.6 is 11.3 Å². The number of rotatable bonds is 3. The van der Waals surface area contributed by atoms with E-state index >= 15 is 0 Å². The Morgan fingerprint density at radius 1 is 1.03 bits per heavy atom. The molecule has 30 heavy (non-hydrogen) atoms. The van der Waals surface area contributed by atoms with Gasteiger partial charge < -0.3 is 19.9 Å². The predicted molar refractivity (Wildman–Crippen MR) is 121 cm³/mol. The van der Waals surface area contributed by atoms with E-state index in [9.17, 15) is 9.59 Å². The summed E-state index contributed by atoms with van der Waals surface area (Å²) >= 11 is 1.45. The normalized spacial score (nSPS) is 14.4. The first-order valence-electron chi connectivity index (χ1n) is 9.96. The summed E-state index contributed by atoms with van der Waals surface area (Å²) in [6.07, 6.45) is -0.265. The van der Waals surface area contributed by atoms with Gasteiger partial charge in [0.15, 0.2) is 5.13 Å². The van der Waals surface area contributed by atoms with Gasteiger partial charge in [-0.15, -0.1) is 11.3 Å². The van der Waals surface area contributed by atoms with Gasteiger partial charge in [0, 0.05) is 42.4 Å². The Morgan fingerprint density at radius 3 is 2.20 bits per heavy atom. The molecular formula is C21H29N5O3S. The number of thiazole rings is 1. The first-order valence-corrected chi connectivity index (χ1v) is 10.8. The summed E-state index contributed by atoms with van der Waals surface area (Å²) in [7, 11) is 0. The highest BCUT2D eigenvalue weighted by molar-refractivity contribution is 7.15. The molecule has 1 fully saturated rings. The van der Waals surface area contributed by atoms with Crippen molar-refractivity contribution in [3.05, 3.63) is 34.8 Å². The molecule has 0 bridgehead atoms. The lowest BCUT2D eigenvalue weighted by Crippen LogP contribution is -2.50. The van der Waals surface area contributed by atoms with Crippen LogP contribution in [0, 0.1) is 13.8 Å². The highest BCUT2D eigenvalue weighted by Crippen LogP contribution is 2.23. The molecule has 1 aliphatic heterocycles. The number of anilines is 3. The molecule has 8 nitrogen and oxygen atoms in total. The van der Waals surface area contributed by atoms with Crippen LogP contribution in [0.15, 0.2) is 24.3 Å². The zero-order valence-electron chi connectivity index (χ0n) is 18.1. The molecule has 2 aromatic rings. The molecule has 0 spiro atoms. The zero-order chi connectivity index (χ0) is 21.9. The van der Waals surface area contributed by atoms with E-state index in [1.807, 2.05) is 58.9 Å². The van der Waals surface area contributed by atoms with Gasteiger partial charge >= 0.3 is 12.1 Å². The van der Waals surface area contributed by atoms with Crippen LogP contribution in [0.4, 0.5) is 26.1 Å². The molecule has 3 amide bonds. The van der Waals surface area contributed by atoms with Gasteiger partial charge in [-0.3, -0.25) is 5.32 Å². The average molecular weight is 432 g/mol. The summed E-state index contributed by atoms with van der Waals surface area (Å²) in [5, 5.41) is 6.17. The Bertz CT molecular complexity index is 877. The molecule has 0 aliphatic carbocycles. The highest BCUT2D eigenvalue weighted by atomic mass is 32.1. The fourth-order valence-corrected chi connectivity index (χ4v) is 3.82. The number of amides is 3. The molecule has 1 aromatic carbocycles. The Morgan fingerprint density at radius 2 is 1.67 bits per heavy atom. The molecule has 3 rings (SSSR count). The van der Waals surface area contributed by atoms with Crippen LogP contribution in [0.25, 0.3) is 0 Å². The number of benzene rings is 1. The second kappa shape index (κ2) is 8.91. The standard InChI is InChI=1S/C21H29N5O3S/c1-14-15(2)30-19(22-14)24-18(27)23-16-6-8-17(9-7-16)25-10-12-26(13-11-25)20(28)29-21(3,4)5/h6-9H,10-13H2,1-5H3,(H2,22,23,24,27). The maximum Gasteiger partial charge on any atom is 0.410 e. The topological polar surface area (TPSA) is 86.8 Å². The van der Waals surface area contributed by atoms with Crippen LogP contribution in [-0.4, -0.2) is 53.8 Å². The van der Waals surface area contributed by atoms with E-state index in [0.29, 0.717) is 23.9 Å². The van der Waals surface area contributed by atoms with Crippen molar-refractivity contribution in [3.63, 3.8) is 0 Å². The minimum Gasteiger partial charge on any atom is -0.444 e. The van der Waals surface area contributed by atoms with Crippen LogP contribution < -0.4 is 15.5 Å². The Kier molecular flexibility index (Phi) is 6.50. The lowest BCUT2D eigenvalue weighted by atomic mass is 10.2. The van der Waals surface area contributed by atoms with E-state index in [1.165, 1.54) is 11.3 Å². The number of hydrogen-bond donors (Lipinski definition) is 2. The molecule has 2 N–H and O–H groups in total. The number of aromatic nitrogens is 1. The van der Waals surface area contributed by atoms with Crippen molar-refractivity contribution in [2.75, 3.05) is 41.7 Å². The summed E-state index contributed by atoms with van der Waals surface area (Å²) in [5.74, 6) is 0. The lowest BCUT2D eigenvalue weighted by Gasteiger charge is -2.36. The Hall–Kier alpha value is -2.81. The van der Waals surface area contributed by atoms with E-state index in [4.69, 9.17) is 4.74 Å². The quantitative estimate of drug-likeness (QED) is 0.749. The molecular weight excluding hydrogens is 402 g/mol. The van der Waals surface area contributed by atoms with Crippen molar-refractivity contribution in [2.45, 2.75) is 40.2 Å². The molecule has 1 saturated heterocycles. The van der Waals surface area contributed by atoms with Crippen LogP contribution in [0.2, 0.25) is 0 Å². The van der Waals surface area contributed by atoms with Gasteiger partial charge in [-0.25, -0.2) is 14.6 Å². The first-order chi connectivity index (χ1) is 14.1. The number of nitrogens with one attached hydrogen (secondary N) is 2. The number of carbonyl (C=O) groups is 2. The minimum atomic E-state index is -0.486. The van der Waals surface area contributed by atoms with Gasteiger partial charge in [-0.1, -0.05) is 0 Å². The fourth-order valence-electron chi connectivity index (χ4n) is 3.01. The second-order valence-electron chi connectivity index (χ2n) is 8.24. The summed E-state index contributed by atoms with van der Waals surface area (Å²) in [6.45, 7) is 12.2. The summed E-state index contributed by atoms with van der Waals surface area (Å²) < 4.78 is 5.44. The molecule has 162 valence electrons. The van der Waals surface area contributed by atoms with Gasteiger partial charge in [-0.2, -0.15) is 0 Å². The molecule has 9 heteroatoms. The number of urea groups is 1. The van der Waals surface area contributed by atoms with Crippen LogP contribution in [0.1, 0.15) is 31.3 Å². The van der Waals surface area contributed by atoms with Crippen molar-refractivity contribution in [2.24, 2.45) is 0 Å². The third-order valence-corrected chi connectivity index (χ3v) is 5.66. The largest absolute Gasteiger partial charge is 0.444 e. The smallest absolute Gasteiger partial charge is 0.410 e. The molecule has 0 saturated carbocycles. The maximum absolute atomic E-state index is 12.2. The first kappa shape index (κ1) is 21.9. The average Bonchev–Trinajstić information content (AvgIpc) is 2.98. The SMILES string of the molecule is Cc1nc(NC(=O)Nc2ccc(N3CCN(C(=O)OC(C)(C)C)CC3)cc2)sc1C. The fraction of sp³-hybridized carbons (Fsp3) is 0.476. The van der Waals surface area contributed by atoms with E-state index in [0.717, 1.165) is 29.3 Å². The van der Waals surface area contributed by atoms with Crippen LogP contribution in [0.3, 0.4) is 0 Å². The Balaban J connectivity index is 1.50. The second-order valence-corrected chi connectivity index (χ2v) is 9.44. The van der Waals surface area contributed by atoms with Crippen LogP contribution in [0.5, 0.6) is 0 Å². The van der Waals surface area contributed by atoms with Crippen molar-refractivity contribution in [1.29, 1.82) is 0 Å². The number of aryl methyl sites for hydroxylation is 2. The van der Waals surface area contributed by atoms with Gasteiger partial charge in [0.1, 0.15) is 5.60 Å². The minimum absolute atomic E-state index is 0.265. The highest BCUT2D eigenvalue weighted by Gasteiger charge is 2.25. The monoisotopic (exact) mass is 431 g/mol. The van der Waals surface area contributed by atoms with Gasteiger partial charge in [-0.05, 0) is 58.9 Å². The molecule has 0 unspecified atom stereocenters. The van der Waals surface area contributed by atoms with Gasteiger partial charge in [0.25, 0.3) is 0 Å². The number of ether oxygens (including phenoxy) is 1. The zero-order valence-corrected chi connectivity index (χ0v) is 18.9. The van der Waals surface area contributed by atoms with Crippen molar-refractivity contribution < 1.29 is 14.3 Å². The van der Waals surface area contributed by atoms with E-state index in [-0.39, 0.29) is 12.1 Å². The summed E-state index contributed by atoms with van der Waals surface area (Å²) in [4.78, 5) is 33.7. The number of carbonyl (C=O) groups excluding carboxylic acids is 2. The van der Waals surface area contributed by atoms with E-state index < -0.39 is 5.60 Å². The Labute approximate surface area is 181 Å². The maximum atomic E-state index is 12.2. The third-order valence-electron chi connectivity index (χ3n) is 4.67. The molecule has 2 heterocycles. The summed E-state index contributed by atoms with van der Waals surface area (Å²) in [6, 6.07) is 7.36. The van der Waals surface area contributed by atoms with Gasteiger partial charge in [0.2, 0.25) is 0 Å². The van der Waals surface area contributed by atoms with E-state index in [2.05, 4.69) is 20.5 Å². The third kappa shape index (κ3) is 5.85. The van der Waals surface area contributed by atoms with Crippen molar-refractivity contribution >= 4 is 40.0 Å². The summed E-state index contributed by atoms with van der Waals surface area (Å²) in [5.41, 5.74) is 2.19. The van der Waals surface area contributed by atoms with E-state index in [1.54, 1.807) is 4.90 Å². The predicted octanol–water partition coefficient (Wildman–Crippen LogP) is 4.46. The van der Waals surface area contributed by atoms with Crippen molar-refractivity contribution in [3.8, 4) is 0 Å². The molecule has 0 radical (unpaired) electrons. The number of piperazine rings is 1. The number of nitrogens with zero attached hydrogens (tertiary/aromatic N) is 3. The van der Waals surface area contributed by atoms with Crippen molar-refractivity contribution in [1.82, 2.24) is 9.88 Å². The molecule has 0 atom stereocenters. The molecule has 1 aromatic heterocycles. The lowest BCUT2D eigenvalue weighted by molar-refractivity contribution is 0.0240.